The predicted molar refractivity (Wildman–Crippen MR) is 143 cm³/mol. The number of alkyl halides is 3. The molecule has 3 aromatic rings. The Bertz CT molecular complexity index is 1220. The predicted octanol–water partition coefficient (Wildman–Crippen LogP) is 6.02. The number of hydrogen-bond acceptors (Lipinski definition) is 5. The van der Waals surface area contributed by atoms with Gasteiger partial charge in [-0.2, -0.15) is 13.2 Å². The highest BCUT2D eigenvalue weighted by Crippen LogP contribution is 2.51. The summed E-state index contributed by atoms with van der Waals surface area (Å²) in [6.45, 7) is 6.78. The first kappa shape index (κ1) is 27.2. The Morgan fingerprint density at radius 1 is 0.816 bits per heavy atom. The average molecular weight is 543 g/mol. The quantitative estimate of drug-likeness (QED) is 0.335. The van der Waals surface area contributed by atoms with Gasteiger partial charge in [-0.05, 0) is 49.2 Å². The molecule has 0 aliphatic carbocycles. The number of rotatable bonds is 9. The molecule has 0 amide bonds. The average Bonchev–Trinajstić information content (AvgIpc) is 2.92. The molecule has 3 aromatic carbocycles. The largest absolute Gasteiger partial charge is 0.416 e. The number of nitrogens with zero attached hydrogens (tertiary/aromatic N) is 2. The molecule has 0 bridgehead atoms. The first-order valence-corrected chi connectivity index (χ1v) is 13.9. The molecule has 1 unspecified atom stereocenters. The summed E-state index contributed by atoms with van der Waals surface area (Å²) in [6.07, 6.45) is -3.40. The van der Waals surface area contributed by atoms with Crippen molar-refractivity contribution < 1.29 is 23.0 Å². The van der Waals surface area contributed by atoms with Crippen molar-refractivity contribution >= 4 is 11.8 Å². The van der Waals surface area contributed by atoms with E-state index in [9.17, 15) is 18.3 Å². The molecule has 38 heavy (non-hydrogen) atoms. The van der Waals surface area contributed by atoms with Crippen LogP contribution >= 0.6 is 11.8 Å². The summed E-state index contributed by atoms with van der Waals surface area (Å²) >= 11 is 1.42. The standard InChI is InChI=1S/C30H33F3N2O2S/c31-30(32,33)24-11-12-28-26(21-24)29(36,25-9-4-5-10-27(25)38-28)13-6-14-34-15-17-35(18-16-34)19-20-37-22-23-7-2-1-3-8-23/h1-5,7-12,21,36H,6,13-20,22H2. The van der Waals surface area contributed by atoms with Gasteiger partial charge in [-0.3, -0.25) is 4.90 Å². The van der Waals surface area contributed by atoms with Crippen LogP contribution in [0.4, 0.5) is 13.2 Å². The van der Waals surface area contributed by atoms with Gasteiger partial charge in [-0.25, -0.2) is 0 Å². The summed E-state index contributed by atoms with van der Waals surface area (Å²) in [7, 11) is 0. The lowest BCUT2D eigenvalue weighted by atomic mass is 9.81. The second-order valence-electron chi connectivity index (χ2n) is 9.99. The molecular formula is C30H33F3N2O2S. The molecule has 0 spiro atoms. The first-order chi connectivity index (χ1) is 18.3. The monoisotopic (exact) mass is 542 g/mol. The maximum Gasteiger partial charge on any atom is 0.416 e. The van der Waals surface area contributed by atoms with E-state index in [1.54, 1.807) is 0 Å². The molecule has 2 heterocycles. The SMILES string of the molecule is OC1(CCCN2CCN(CCOCc3ccccc3)CC2)c2ccccc2Sc2ccc(C(F)(F)F)cc21. The lowest BCUT2D eigenvalue weighted by Crippen LogP contribution is -2.47. The van der Waals surface area contributed by atoms with Gasteiger partial charge in [-0.1, -0.05) is 60.3 Å². The third-order valence-electron chi connectivity index (χ3n) is 7.45. The van der Waals surface area contributed by atoms with Gasteiger partial charge < -0.3 is 14.7 Å². The van der Waals surface area contributed by atoms with Gasteiger partial charge in [0.15, 0.2) is 0 Å². The van der Waals surface area contributed by atoms with Crippen LogP contribution in [0, 0.1) is 0 Å². The van der Waals surface area contributed by atoms with Crippen LogP contribution in [0.3, 0.4) is 0 Å². The molecule has 1 N–H and O–H groups in total. The van der Waals surface area contributed by atoms with Crippen molar-refractivity contribution in [3.63, 3.8) is 0 Å². The molecule has 4 nitrogen and oxygen atoms in total. The van der Waals surface area contributed by atoms with Crippen molar-refractivity contribution in [3.05, 3.63) is 95.1 Å². The second kappa shape index (κ2) is 11.8. The summed E-state index contributed by atoms with van der Waals surface area (Å²) in [4.78, 5) is 6.35. The molecule has 1 atom stereocenters. The zero-order valence-corrected chi connectivity index (χ0v) is 22.1. The van der Waals surface area contributed by atoms with Gasteiger partial charge in [0, 0.05) is 53.6 Å². The van der Waals surface area contributed by atoms with E-state index >= 15 is 0 Å². The normalized spacial score (nSPS) is 20.2. The molecule has 8 heteroatoms. The van der Waals surface area contributed by atoms with Gasteiger partial charge >= 0.3 is 6.18 Å². The minimum atomic E-state index is -4.45. The molecule has 0 radical (unpaired) electrons. The van der Waals surface area contributed by atoms with Crippen molar-refractivity contribution in [2.24, 2.45) is 0 Å². The number of benzene rings is 3. The number of piperazine rings is 1. The lowest BCUT2D eigenvalue weighted by Gasteiger charge is -2.38. The summed E-state index contributed by atoms with van der Waals surface area (Å²) in [6, 6.07) is 21.4. The fourth-order valence-electron chi connectivity index (χ4n) is 5.30. The molecule has 1 saturated heterocycles. The summed E-state index contributed by atoms with van der Waals surface area (Å²) in [5.74, 6) is 0. The summed E-state index contributed by atoms with van der Waals surface area (Å²) in [5.41, 5.74) is 0.0542. The van der Waals surface area contributed by atoms with Gasteiger partial charge in [0.1, 0.15) is 5.60 Å². The Balaban J connectivity index is 1.15. The molecule has 5 rings (SSSR count). The van der Waals surface area contributed by atoms with Crippen LogP contribution in [0.15, 0.2) is 82.6 Å². The van der Waals surface area contributed by atoms with Crippen molar-refractivity contribution in [1.82, 2.24) is 9.80 Å². The first-order valence-electron chi connectivity index (χ1n) is 13.1. The number of fused-ring (bicyclic) bond motifs is 2. The van der Waals surface area contributed by atoms with Crippen LogP contribution < -0.4 is 0 Å². The number of halogens is 3. The van der Waals surface area contributed by atoms with E-state index in [-0.39, 0.29) is 0 Å². The smallest absolute Gasteiger partial charge is 0.380 e. The minimum absolute atomic E-state index is 0.358. The third kappa shape index (κ3) is 6.26. The summed E-state index contributed by atoms with van der Waals surface area (Å²) < 4.78 is 46.3. The maximum atomic E-state index is 13.5. The van der Waals surface area contributed by atoms with Crippen molar-refractivity contribution in [2.75, 3.05) is 45.9 Å². The van der Waals surface area contributed by atoms with Crippen molar-refractivity contribution in [2.45, 2.75) is 41.0 Å². The zero-order chi connectivity index (χ0) is 26.6. The van der Waals surface area contributed by atoms with Crippen molar-refractivity contribution in [1.29, 1.82) is 0 Å². The Labute approximate surface area is 226 Å². The van der Waals surface area contributed by atoms with E-state index in [2.05, 4.69) is 21.9 Å². The van der Waals surface area contributed by atoms with Crippen LogP contribution in [0.5, 0.6) is 0 Å². The molecule has 1 fully saturated rings. The molecule has 0 aromatic heterocycles. The van der Waals surface area contributed by atoms with E-state index < -0.39 is 17.3 Å². The Morgan fingerprint density at radius 2 is 1.47 bits per heavy atom. The topological polar surface area (TPSA) is 35.9 Å². The van der Waals surface area contributed by atoms with E-state index in [1.165, 1.54) is 23.4 Å². The van der Waals surface area contributed by atoms with E-state index in [1.807, 2.05) is 42.5 Å². The second-order valence-corrected chi connectivity index (χ2v) is 11.1. The maximum absolute atomic E-state index is 13.5. The Kier molecular flexibility index (Phi) is 8.45. The van der Waals surface area contributed by atoms with Crippen LogP contribution in [-0.2, 0) is 23.1 Å². The fourth-order valence-corrected chi connectivity index (χ4v) is 6.51. The molecule has 2 aliphatic rings. The highest BCUT2D eigenvalue weighted by Gasteiger charge is 2.41. The minimum Gasteiger partial charge on any atom is -0.380 e. The molecular weight excluding hydrogens is 509 g/mol. The van der Waals surface area contributed by atoms with Gasteiger partial charge in [-0.15, -0.1) is 0 Å². The summed E-state index contributed by atoms with van der Waals surface area (Å²) in [5, 5.41) is 11.9. The highest BCUT2D eigenvalue weighted by molar-refractivity contribution is 7.99. The van der Waals surface area contributed by atoms with E-state index in [0.717, 1.165) is 56.3 Å². The number of hydrogen-bond donors (Lipinski definition) is 1. The van der Waals surface area contributed by atoms with Crippen LogP contribution in [0.2, 0.25) is 0 Å². The van der Waals surface area contributed by atoms with E-state index in [4.69, 9.17) is 4.74 Å². The molecule has 202 valence electrons. The van der Waals surface area contributed by atoms with Gasteiger partial charge in [0.25, 0.3) is 0 Å². The Hall–Kier alpha value is -2.36. The van der Waals surface area contributed by atoms with Gasteiger partial charge in [0.2, 0.25) is 0 Å². The van der Waals surface area contributed by atoms with Crippen LogP contribution in [0.1, 0.15) is 35.1 Å². The molecule has 0 saturated carbocycles. The van der Waals surface area contributed by atoms with Crippen molar-refractivity contribution in [3.8, 4) is 0 Å². The lowest BCUT2D eigenvalue weighted by molar-refractivity contribution is -0.137. The fraction of sp³-hybridized carbons (Fsp3) is 0.400. The Morgan fingerprint density at radius 3 is 2.21 bits per heavy atom. The van der Waals surface area contributed by atoms with Gasteiger partial charge in [0.05, 0.1) is 18.8 Å². The zero-order valence-electron chi connectivity index (χ0n) is 21.3. The number of aliphatic hydroxyl groups is 1. The third-order valence-corrected chi connectivity index (χ3v) is 8.60. The number of ether oxygens (including phenoxy) is 1. The highest BCUT2D eigenvalue weighted by atomic mass is 32.2. The molecule has 2 aliphatic heterocycles. The van der Waals surface area contributed by atoms with Crippen LogP contribution in [-0.4, -0.2) is 60.8 Å². The van der Waals surface area contributed by atoms with E-state index in [0.29, 0.717) is 42.1 Å². The van der Waals surface area contributed by atoms with Crippen LogP contribution in [0.25, 0.3) is 0 Å².